The van der Waals surface area contributed by atoms with Gasteiger partial charge < -0.3 is 30.8 Å². The second kappa shape index (κ2) is 10.5. The van der Waals surface area contributed by atoms with Gasteiger partial charge in [-0.15, -0.1) is 0 Å². The topological polar surface area (TPSA) is 192 Å². The molecule has 2 aromatic heterocycles. The first-order valence-corrected chi connectivity index (χ1v) is 13.6. The summed E-state index contributed by atoms with van der Waals surface area (Å²) in [5, 5.41) is 18.7. The average molecular weight is 555 g/mol. The molecule has 1 saturated heterocycles. The van der Waals surface area contributed by atoms with E-state index in [0.29, 0.717) is 24.2 Å². The predicted octanol–water partition coefficient (Wildman–Crippen LogP) is 1.65. The van der Waals surface area contributed by atoms with E-state index in [9.17, 15) is 23.3 Å². The molecule has 5 rings (SSSR count). The fourth-order valence-corrected chi connectivity index (χ4v) is 6.48. The summed E-state index contributed by atoms with van der Waals surface area (Å²) in [6.07, 6.45) is 8.21. The van der Waals surface area contributed by atoms with Crippen LogP contribution < -0.4 is 21.1 Å². The quantitative estimate of drug-likeness (QED) is 0.223. The van der Waals surface area contributed by atoms with Crippen LogP contribution in [0.2, 0.25) is 0 Å². The summed E-state index contributed by atoms with van der Waals surface area (Å²) in [5.41, 5.74) is 5.85. The second-order valence-electron chi connectivity index (χ2n) is 9.05. The van der Waals surface area contributed by atoms with Crippen molar-refractivity contribution in [2.24, 2.45) is 11.7 Å². The zero-order chi connectivity index (χ0) is 27.6. The Kier molecular flexibility index (Phi) is 7.08. The highest BCUT2D eigenvalue weighted by Gasteiger charge is 2.54. The van der Waals surface area contributed by atoms with Gasteiger partial charge in [0.15, 0.2) is 0 Å². The lowest BCUT2D eigenvalue weighted by Crippen LogP contribution is -2.53. The number of primary amides is 1. The van der Waals surface area contributed by atoms with Gasteiger partial charge in [-0.2, -0.15) is 0 Å². The molecule has 1 amide bonds. The van der Waals surface area contributed by atoms with Crippen LogP contribution >= 0.6 is 0 Å². The molecule has 3 atom stereocenters. The zero-order valence-corrected chi connectivity index (χ0v) is 21.4. The minimum atomic E-state index is -4.63. The lowest BCUT2D eigenvalue weighted by atomic mass is 9.96. The molecule has 3 aromatic rings. The largest absolute Gasteiger partial charge is 0.464 e. The molecule has 5 N–H and O–H groups in total. The third-order valence-corrected chi connectivity index (χ3v) is 8.74. The second-order valence-corrected chi connectivity index (χ2v) is 11.2. The van der Waals surface area contributed by atoms with Gasteiger partial charge in [-0.05, 0) is 30.3 Å². The van der Waals surface area contributed by atoms with Crippen molar-refractivity contribution in [3.8, 4) is 5.75 Å². The van der Waals surface area contributed by atoms with Crippen LogP contribution in [0.4, 0.5) is 11.4 Å². The van der Waals surface area contributed by atoms with Gasteiger partial charge in [0.1, 0.15) is 23.0 Å². The highest BCUT2D eigenvalue weighted by molar-refractivity contribution is 7.93. The van der Waals surface area contributed by atoms with E-state index in [1.54, 1.807) is 18.3 Å². The number of aromatic nitrogens is 2. The molecule has 1 aromatic carbocycles. The SMILES string of the molecule is NC(=O)C1C=CC=CC1(Oc1cnc2[nH]ccc2c1)S(=O)(=O)c1ccc(NCC2CNCCO2)c([N+](=O)[O-])c1. The fraction of sp³-hybridized carbons (Fsp3) is 0.280. The predicted molar refractivity (Wildman–Crippen MR) is 142 cm³/mol. The molecule has 3 heterocycles. The molecule has 204 valence electrons. The van der Waals surface area contributed by atoms with Crippen molar-refractivity contribution in [3.63, 3.8) is 0 Å². The van der Waals surface area contributed by atoms with Crippen molar-refractivity contribution >= 4 is 38.2 Å². The van der Waals surface area contributed by atoms with E-state index in [4.69, 9.17) is 15.2 Å². The number of nitrogens with one attached hydrogen (secondary N) is 3. The number of sulfone groups is 1. The van der Waals surface area contributed by atoms with E-state index in [1.807, 2.05) is 0 Å². The number of carbonyl (C=O) groups excluding carboxylic acids is 1. The Bertz CT molecular complexity index is 1580. The van der Waals surface area contributed by atoms with Gasteiger partial charge in [0, 0.05) is 37.3 Å². The summed E-state index contributed by atoms with van der Waals surface area (Å²) in [6.45, 7) is 2.09. The van der Waals surface area contributed by atoms with Crippen molar-refractivity contribution in [2.75, 3.05) is 31.6 Å². The minimum Gasteiger partial charge on any atom is -0.464 e. The third-order valence-electron chi connectivity index (χ3n) is 6.56. The van der Waals surface area contributed by atoms with Crippen LogP contribution in [0.25, 0.3) is 11.0 Å². The van der Waals surface area contributed by atoms with Gasteiger partial charge in [-0.3, -0.25) is 14.9 Å². The van der Waals surface area contributed by atoms with E-state index >= 15 is 0 Å². The van der Waals surface area contributed by atoms with Crippen LogP contribution in [0.5, 0.6) is 5.75 Å². The Morgan fingerprint density at radius 3 is 2.90 bits per heavy atom. The van der Waals surface area contributed by atoms with Crippen LogP contribution in [-0.4, -0.2) is 66.5 Å². The van der Waals surface area contributed by atoms with Gasteiger partial charge in [-0.1, -0.05) is 18.2 Å². The van der Waals surface area contributed by atoms with E-state index in [2.05, 4.69) is 20.6 Å². The smallest absolute Gasteiger partial charge is 0.293 e. The number of amides is 1. The summed E-state index contributed by atoms with van der Waals surface area (Å²) in [7, 11) is -4.63. The van der Waals surface area contributed by atoms with Crippen LogP contribution in [0.3, 0.4) is 0 Å². The Morgan fingerprint density at radius 1 is 1.31 bits per heavy atom. The van der Waals surface area contributed by atoms with E-state index in [0.717, 1.165) is 12.6 Å². The number of nitrogens with zero attached hydrogens (tertiary/aromatic N) is 2. The van der Waals surface area contributed by atoms with Crippen LogP contribution in [-0.2, 0) is 19.4 Å². The number of hydrogen-bond donors (Lipinski definition) is 4. The monoisotopic (exact) mass is 554 g/mol. The van der Waals surface area contributed by atoms with Crippen LogP contribution in [0, 0.1) is 16.0 Å². The Balaban J connectivity index is 1.55. The molecule has 2 aliphatic rings. The first kappa shape index (κ1) is 26.3. The number of nitro benzene ring substituents is 1. The maximum Gasteiger partial charge on any atom is 0.293 e. The number of pyridine rings is 1. The lowest BCUT2D eigenvalue weighted by Gasteiger charge is -2.36. The number of hydrogen-bond acceptors (Lipinski definition) is 10. The fourth-order valence-electron chi connectivity index (χ4n) is 4.60. The number of rotatable bonds is 9. The molecular weight excluding hydrogens is 528 g/mol. The van der Waals surface area contributed by atoms with E-state index < -0.39 is 42.1 Å². The normalized spacial score (nSPS) is 23.0. The number of H-pyrrole nitrogens is 1. The molecule has 0 radical (unpaired) electrons. The van der Waals surface area contributed by atoms with Crippen molar-refractivity contribution in [1.82, 2.24) is 15.3 Å². The lowest BCUT2D eigenvalue weighted by molar-refractivity contribution is -0.384. The molecule has 0 bridgehead atoms. The Morgan fingerprint density at radius 2 is 2.15 bits per heavy atom. The van der Waals surface area contributed by atoms with Crippen molar-refractivity contribution in [2.45, 2.75) is 15.9 Å². The third kappa shape index (κ3) is 4.96. The number of allylic oxidation sites excluding steroid dienone is 2. The molecular formula is C25H26N6O7S. The molecule has 0 spiro atoms. The highest BCUT2D eigenvalue weighted by atomic mass is 32.2. The number of nitro groups is 1. The maximum atomic E-state index is 14.2. The van der Waals surface area contributed by atoms with E-state index in [1.165, 1.54) is 42.6 Å². The van der Waals surface area contributed by atoms with Crippen molar-refractivity contribution < 1.29 is 27.6 Å². The van der Waals surface area contributed by atoms with Gasteiger partial charge in [0.2, 0.25) is 20.7 Å². The average Bonchev–Trinajstić information content (AvgIpc) is 3.40. The molecule has 3 unspecified atom stereocenters. The van der Waals surface area contributed by atoms with Crippen LogP contribution in [0.1, 0.15) is 0 Å². The first-order chi connectivity index (χ1) is 18.7. The van der Waals surface area contributed by atoms with E-state index in [-0.39, 0.29) is 24.1 Å². The number of benzene rings is 1. The number of aromatic amines is 1. The van der Waals surface area contributed by atoms with Crippen LogP contribution in [0.15, 0.2) is 71.9 Å². The molecule has 14 heteroatoms. The van der Waals surface area contributed by atoms with Crippen molar-refractivity contribution in [1.29, 1.82) is 0 Å². The maximum absolute atomic E-state index is 14.2. The standard InChI is InChI=1S/C25H26N6O7S/c26-23(32)20-3-1-2-7-25(20,38-17-11-16-6-8-28-24(16)30-14-17)39(35,36)19-4-5-21(22(12-19)31(33)34)29-15-18-13-27-9-10-37-18/h1-8,11-12,14,18,20,27,29H,9-10,13,15H2,(H2,26,32)(H,28,30). The number of nitrogens with two attached hydrogens (primary N) is 1. The summed E-state index contributed by atoms with van der Waals surface area (Å²) in [6, 6.07) is 6.78. The summed E-state index contributed by atoms with van der Waals surface area (Å²) in [4.78, 5) is 28.2. The van der Waals surface area contributed by atoms with Gasteiger partial charge in [0.25, 0.3) is 5.69 Å². The van der Waals surface area contributed by atoms with Crippen molar-refractivity contribution in [3.05, 3.63) is 77.1 Å². The summed E-state index contributed by atoms with van der Waals surface area (Å²) in [5.74, 6) is -2.34. The highest BCUT2D eigenvalue weighted by Crippen LogP contribution is 2.41. The van der Waals surface area contributed by atoms with Gasteiger partial charge in [0.05, 0.1) is 28.7 Å². The molecule has 1 aliphatic carbocycles. The van der Waals surface area contributed by atoms with Gasteiger partial charge in [-0.25, -0.2) is 13.4 Å². The minimum absolute atomic E-state index is 0.0609. The summed E-state index contributed by atoms with van der Waals surface area (Å²) >= 11 is 0. The number of morpholine rings is 1. The Labute approximate surface area is 223 Å². The number of carbonyl (C=O) groups is 1. The first-order valence-electron chi connectivity index (χ1n) is 12.1. The number of fused-ring (bicyclic) bond motifs is 1. The molecule has 13 nitrogen and oxygen atoms in total. The summed E-state index contributed by atoms with van der Waals surface area (Å²) < 4.78 is 40.1. The molecule has 39 heavy (non-hydrogen) atoms. The zero-order valence-electron chi connectivity index (χ0n) is 20.6. The molecule has 1 fully saturated rings. The molecule has 0 saturated carbocycles. The molecule has 1 aliphatic heterocycles. The Hall–Kier alpha value is -4.27. The number of anilines is 1. The van der Waals surface area contributed by atoms with Gasteiger partial charge >= 0.3 is 0 Å². The number of ether oxygens (including phenoxy) is 2.